The van der Waals surface area contributed by atoms with Gasteiger partial charge in [0.1, 0.15) is 18.1 Å². The van der Waals surface area contributed by atoms with Crippen LogP contribution in [-0.4, -0.2) is 20.8 Å². The molecule has 158 valence electrons. The third kappa shape index (κ3) is 5.60. The fourth-order valence-corrected chi connectivity index (χ4v) is 2.95. The van der Waals surface area contributed by atoms with Gasteiger partial charge in [-0.25, -0.2) is 4.98 Å². The SMILES string of the molecule is CC(=NOCc1ccc(C(F)(F)F)cc1)c1ccc(OCc2sc(=O)[nH]c2O)nc1. The summed E-state index contributed by atoms with van der Waals surface area (Å²) < 4.78 is 43.1. The maximum atomic E-state index is 12.6. The van der Waals surface area contributed by atoms with E-state index in [1.165, 1.54) is 18.3 Å². The first-order chi connectivity index (χ1) is 14.2. The summed E-state index contributed by atoms with van der Waals surface area (Å²) in [4.78, 5) is 22.7. The zero-order valence-corrected chi connectivity index (χ0v) is 16.4. The molecule has 2 N–H and O–H groups in total. The fourth-order valence-electron chi connectivity index (χ4n) is 2.32. The van der Waals surface area contributed by atoms with Gasteiger partial charge >= 0.3 is 11.0 Å². The molecule has 0 aliphatic rings. The van der Waals surface area contributed by atoms with Gasteiger partial charge in [-0.15, -0.1) is 0 Å². The molecule has 11 heteroatoms. The van der Waals surface area contributed by atoms with E-state index < -0.39 is 11.7 Å². The summed E-state index contributed by atoms with van der Waals surface area (Å²) >= 11 is 0.846. The van der Waals surface area contributed by atoms with Gasteiger partial charge in [-0.1, -0.05) is 28.6 Å². The first-order valence-corrected chi connectivity index (χ1v) is 9.37. The van der Waals surface area contributed by atoms with Crippen LogP contribution in [0.4, 0.5) is 13.2 Å². The van der Waals surface area contributed by atoms with Crippen molar-refractivity contribution in [1.82, 2.24) is 9.97 Å². The molecule has 0 spiro atoms. The van der Waals surface area contributed by atoms with Gasteiger partial charge < -0.3 is 14.7 Å². The van der Waals surface area contributed by atoms with Crippen LogP contribution < -0.4 is 9.61 Å². The molecule has 0 radical (unpaired) electrons. The number of H-pyrrole nitrogens is 1. The Bertz CT molecular complexity index is 1070. The van der Waals surface area contributed by atoms with Crippen LogP contribution in [0.15, 0.2) is 52.5 Å². The van der Waals surface area contributed by atoms with Crippen LogP contribution in [0.5, 0.6) is 11.8 Å². The Balaban J connectivity index is 1.53. The molecule has 0 unspecified atom stereocenters. The number of thiazole rings is 1. The molecule has 2 heterocycles. The summed E-state index contributed by atoms with van der Waals surface area (Å²) in [5, 5.41) is 13.5. The first kappa shape index (κ1) is 21.4. The van der Waals surface area contributed by atoms with E-state index in [0.717, 1.165) is 23.5 Å². The van der Waals surface area contributed by atoms with Crippen molar-refractivity contribution >= 4 is 17.0 Å². The van der Waals surface area contributed by atoms with Crippen LogP contribution in [0.2, 0.25) is 0 Å². The third-order valence-corrected chi connectivity index (χ3v) is 4.76. The van der Waals surface area contributed by atoms with Gasteiger partial charge in [0.2, 0.25) is 11.8 Å². The number of pyridine rings is 1. The van der Waals surface area contributed by atoms with E-state index >= 15 is 0 Å². The number of aromatic hydroxyl groups is 1. The molecule has 0 aliphatic carbocycles. The van der Waals surface area contributed by atoms with Gasteiger partial charge in [0.15, 0.2) is 0 Å². The van der Waals surface area contributed by atoms with Crippen molar-refractivity contribution in [2.24, 2.45) is 5.16 Å². The third-order valence-electron chi connectivity index (χ3n) is 3.92. The molecular formula is C19H16F3N3O4S. The zero-order valence-electron chi connectivity index (χ0n) is 15.6. The number of aromatic amines is 1. The molecule has 7 nitrogen and oxygen atoms in total. The summed E-state index contributed by atoms with van der Waals surface area (Å²) in [5.41, 5.74) is 1.00. The second-order valence-corrected chi connectivity index (χ2v) is 7.17. The minimum atomic E-state index is -4.38. The molecule has 1 aromatic carbocycles. The zero-order chi connectivity index (χ0) is 21.7. The number of rotatable bonds is 7. The number of hydrogen-bond acceptors (Lipinski definition) is 7. The van der Waals surface area contributed by atoms with Crippen molar-refractivity contribution in [3.63, 3.8) is 0 Å². The van der Waals surface area contributed by atoms with E-state index in [0.29, 0.717) is 21.7 Å². The van der Waals surface area contributed by atoms with Crippen LogP contribution in [-0.2, 0) is 24.2 Å². The van der Waals surface area contributed by atoms with E-state index in [2.05, 4.69) is 15.1 Å². The number of aromatic nitrogens is 2. The van der Waals surface area contributed by atoms with Crippen LogP contribution in [0.1, 0.15) is 28.5 Å². The second-order valence-electron chi connectivity index (χ2n) is 6.10. The Morgan fingerprint density at radius 1 is 1.20 bits per heavy atom. The Morgan fingerprint density at radius 2 is 1.93 bits per heavy atom. The number of ether oxygens (including phenoxy) is 1. The van der Waals surface area contributed by atoms with Crippen LogP contribution >= 0.6 is 11.3 Å². The number of oxime groups is 1. The van der Waals surface area contributed by atoms with Crippen molar-refractivity contribution in [1.29, 1.82) is 0 Å². The normalized spacial score (nSPS) is 12.1. The van der Waals surface area contributed by atoms with Crippen molar-refractivity contribution in [2.75, 3.05) is 0 Å². The molecular weight excluding hydrogens is 423 g/mol. The number of nitrogens with zero attached hydrogens (tertiary/aromatic N) is 2. The average molecular weight is 439 g/mol. The predicted octanol–water partition coefficient (Wildman–Crippen LogP) is 4.08. The van der Waals surface area contributed by atoms with Crippen molar-refractivity contribution < 1.29 is 27.9 Å². The van der Waals surface area contributed by atoms with Gasteiger partial charge in [0.05, 0.1) is 11.3 Å². The fraction of sp³-hybridized carbons (Fsp3) is 0.211. The largest absolute Gasteiger partial charge is 0.494 e. The summed E-state index contributed by atoms with van der Waals surface area (Å²) in [6, 6.07) is 7.94. The Kier molecular flexibility index (Phi) is 6.40. The standard InChI is InChI=1S/C19H16F3N3O4S/c1-11(25-29-9-12-2-5-14(6-3-12)19(20,21)22)13-4-7-16(23-8-13)28-10-15-17(26)24-18(27)30-15/h2-8,26H,9-10H2,1H3,(H,24,27). The molecule has 0 amide bonds. The van der Waals surface area contributed by atoms with E-state index in [-0.39, 0.29) is 29.8 Å². The highest BCUT2D eigenvalue weighted by atomic mass is 32.1. The molecule has 3 rings (SSSR count). The smallest absolute Gasteiger partial charge is 0.416 e. The Labute approximate surface area is 172 Å². The monoisotopic (exact) mass is 439 g/mol. The molecule has 3 aromatic rings. The van der Waals surface area contributed by atoms with E-state index in [9.17, 15) is 23.1 Å². The first-order valence-electron chi connectivity index (χ1n) is 8.55. The van der Waals surface area contributed by atoms with E-state index in [1.807, 2.05) is 0 Å². The van der Waals surface area contributed by atoms with Crippen molar-refractivity contribution in [3.05, 3.63) is 73.8 Å². The molecule has 0 fully saturated rings. The lowest BCUT2D eigenvalue weighted by atomic mass is 10.1. The number of halogens is 3. The van der Waals surface area contributed by atoms with Crippen LogP contribution in [0.3, 0.4) is 0 Å². The molecule has 30 heavy (non-hydrogen) atoms. The lowest BCUT2D eigenvalue weighted by Gasteiger charge is -2.07. The minimum Gasteiger partial charge on any atom is -0.494 e. The lowest BCUT2D eigenvalue weighted by Crippen LogP contribution is -2.04. The molecule has 0 bridgehead atoms. The molecule has 0 saturated carbocycles. The van der Waals surface area contributed by atoms with Gasteiger partial charge in [-0.3, -0.25) is 9.78 Å². The number of nitrogens with one attached hydrogen (secondary N) is 1. The van der Waals surface area contributed by atoms with Crippen molar-refractivity contribution in [2.45, 2.75) is 26.3 Å². The highest BCUT2D eigenvalue weighted by Gasteiger charge is 2.29. The number of hydrogen-bond donors (Lipinski definition) is 2. The summed E-state index contributed by atoms with van der Waals surface area (Å²) in [6.07, 6.45) is -2.87. The Morgan fingerprint density at radius 3 is 2.50 bits per heavy atom. The molecule has 0 saturated heterocycles. The molecule has 0 atom stereocenters. The average Bonchev–Trinajstić information content (AvgIpc) is 3.03. The summed E-state index contributed by atoms with van der Waals surface area (Å²) in [7, 11) is 0. The van der Waals surface area contributed by atoms with Gasteiger partial charge in [0.25, 0.3) is 0 Å². The van der Waals surface area contributed by atoms with Crippen molar-refractivity contribution in [3.8, 4) is 11.8 Å². The predicted molar refractivity (Wildman–Crippen MR) is 104 cm³/mol. The van der Waals surface area contributed by atoms with Crippen LogP contribution in [0.25, 0.3) is 0 Å². The maximum Gasteiger partial charge on any atom is 0.416 e. The number of benzene rings is 1. The highest BCUT2D eigenvalue weighted by molar-refractivity contribution is 7.09. The number of alkyl halides is 3. The molecule has 2 aromatic heterocycles. The Hall–Kier alpha value is -3.34. The van der Waals surface area contributed by atoms with Gasteiger partial charge in [-0.2, -0.15) is 13.2 Å². The second kappa shape index (κ2) is 8.99. The maximum absolute atomic E-state index is 12.6. The van der Waals surface area contributed by atoms with Gasteiger partial charge in [-0.05, 0) is 30.7 Å². The highest BCUT2D eigenvalue weighted by Crippen LogP contribution is 2.29. The summed E-state index contributed by atoms with van der Waals surface area (Å²) in [5.74, 6) is 0.0623. The van der Waals surface area contributed by atoms with E-state index in [1.54, 1.807) is 19.1 Å². The lowest BCUT2D eigenvalue weighted by molar-refractivity contribution is -0.137. The minimum absolute atomic E-state index is 0.00903. The molecule has 0 aliphatic heterocycles. The van der Waals surface area contributed by atoms with Gasteiger partial charge in [0, 0.05) is 17.8 Å². The summed E-state index contributed by atoms with van der Waals surface area (Å²) in [6.45, 7) is 1.71. The quantitative estimate of drug-likeness (QED) is 0.427. The topological polar surface area (TPSA) is 96.8 Å². The van der Waals surface area contributed by atoms with E-state index in [4.69, 9.17) is 9.57 Å². The van der Waals surface area contributed by atoms with Crippen LogP contribution in [0, 0.1) is 0 Å².